The number of aromatic nitrogens is 3. The minimum atomic E-state index is -0.910. The lowest BCUT2D eigenvalue weighted by molar-refractivity contribution is -0.118. The predicted octanol–water partition coefficient (Wildman–Crippen LogP) is 3.19. The topological polar surface area (TPSA) is 90.9 Å². The largest absolute Gasteiger partial charge is 0.388 e. The smallest absolute Gasteiger partial charge is 0.227 e. The Labute approximate surface area is 143 Å². The molecule has 1 unspecified atom stereocenters. The van der Waals surface area contributed by atoms with Crippen molar-refractivity contribution in [2.24, 2.45) is 0 Å². The molecule has 0 spiro atoms. The first kappa shape index (κ1) is 16.2. The summed E-state index contributed by atoms with van der Waals surface area (Å²) >= 11 is 5.82. The number of hydrogen-bond donors (Lipinski definition) is 3. The zero-order valence-electron chi connectivity index (χ0n) is 12.6. The SMILES string of the molecule is O=C(CC(O)c1ccc(Cl)cc1)Nc1cn[nH]c1-c1ccccn1. The molecule has 0 aliphatic rings. The Kier molecular flexibility index (Phi) is 4.88. The minimum absolute atomic E-state index is 0.0749. The highest BCUT2D eigenvalue weighted by Gasteiger charge is 2.16. The third kappa shape index (κ3) is 3.79. The summed E-state index contributed by atoms with van der Waals surface area (Å²) in [6, 6.07) is 12.2. The van der Waals surface area contributed by atoms with E-state index in [2.05, 4.69) is 20.5 Å². The number of amides is 1. The van der Waals surface area contributed by atoms with Gasteiger partial charge in [-0.1, -0.05) is 29.8 Å². The summed E-state index contributed by atoms with van der Waals surface area (Å²) in [5.41, 5.74) is 2.43. The standard InChI is InChI=1S/C17H15ClN4O2/c18-12-6-4-11(5-7-12)15(23)9-16(24)21-14-10-20-22-17(14)13-3-1-2-8-19-13/h1-8,10,15,23H,9H2,(H,20,22)(H,21,24). The number of H-pyrrole nitrogens is 1. The van der Waals surface area contributed by atoms with Crippen molar-refractivity contribution in [1.29, 1.82) is 0 Å². The van der Waals surface area contributed by atoms with Crippen LogP contribution < -0.4 is 5.32 Å². The zero-order valence-corrected chi connectivity index (χ0v) is 13.4. The van der Waals surface area contributed by atoms with Crippen molar-refractivity contribution in [1.82, 2.24) is 15.2 Å². The van der Waals surface area contributed by atoms with Crippen molar-refractivity contribution in [3.63, 3.8) is 0 Å². The van der Waals surface area contributed by atoms with Crippen LogP contribution in [0.1, 0.15) is 18.1 Å². The van der Waals surface area contributed by atoms with E-state index in [9.17, 15) is 9.90 Å². The van der Waals surface area contributed by atoms with Crippen LogP contribution in [0.2, 0.25) is 5.02 Å². The maximum atomic E-state index is 12.2. The number of nitrogens with one attached hydrogen (secondary N) is 2. The maximum absolute atomic E-state index is 12.2. The van der Waals surface area contributed by atoms with Crippen molar-refractivity contribution < 1.29 is 9.90 Å². The van der Waals surface area contributed by atoms with Gasteiger partial charge in [0.25, 0.3) is 0 Å². The van der Waals surface area contributed by atoms with Crippen LogP contribution in [0.15, 0.2) is 54.9 Å². The molecule has 24 heavy (non-hydrogen) atoms. The fourth-order valence-corrected chi connectivity index (χ4v) is 2.39. The number of anilines is 1. The fourth-order valence-electron chi connectivity index (χ4n) is 2.27. The molecule has 0 fully saturated rings. The first-order chi connectivity index (χ1) is 11.6. The first-order valence-electron chi connectivity index (χ1n) is 7.31. The number of benzene rings is 1. The quantitative estimate of drug-likeness (QED) is 0.664. The molecule has 122 valence electrons. The number of carbonyl (C=O) groups excluding carboxylic acids is 1. The van der Waals surface area contributed by atoms with Crippen molar-refractivity contribution in [2.75, 3.05) is 5.32 Å². The molecule has 2 heterocycles. The van der Waals surface area contributed by atoms with E-state index in [-0.39, 0.29) is 12.3 Å². The van der Waals surface area contributed by atoms with Crippen molar-refractivity contribution >= 4 is 23.2 Å². The molecule has 0 saturated carbocycles. The van der Waals surface area contributed by atoms with Crippen molar-refractivity contribution in [2.45, 2.75) is 12.5 Å². The molecule has 1 atom stereocenters. The van der Waals surface area contributed by atoms with Gasteiger partial charge in [0.2, 0.25) is 5.91 Å². The first-order valence-corrected chi connectivity index (χ1v) is 7.69. The summed E-state index contributed by atoms with van der Waals surface area (Å²) in [6.07, 6.45) is 2.18. The van der Waals surface area contributed by atoms with Gasteiger partial charge in [0.05, 0.1) is 30.1 Å². The number of pyridine rings is 1. The number of rotatable bonds is 5. The van der Waals surface area contributed by atoms with Gasteiger partial charge in [-0.25, -0.2) is 0 Å². The molecular formula is C17H15ClN4O2. The highest BCUT2D eigenvalue weighted by molar-refractivity contribution is 6.30. The lowest BCUT2D eigenvalue weighted by atomic mass is 10.1. The number of aliphatic hydroxyl groups is 1. The lowest BCUT2D eigenvalue weighted by Crippen LogP contribution is -2.15. The predicted molar refractivity (Wildman–Crippen MR) is 91.5 cm³/mol. The van der Waals surface area contributed by atoms with Crippen LogP contribution in [0.4, 0.5) is 5.69 Å². The van der Waals surface area contributed by atoms with Gasteiger partial charge < -0.3 is 10.4 Å². The number of carbonyl (C=O) groups is 1. The van der Waals surface area contributed by atoms with Crippen LogP contribution >= 0.6 is 11.6 Å². The minimum Gasteiger partial charge on any atom is -0.388 e. The fraction of sp³-hybridized carbons (Fsp3) is 0.118. The molecule has 6 nitrogen and oxygen atoms in total. The molecule has 0 bridgehead atoms. The van der Waals surface area contributed by atoms with E-state index in [0.717, 1.165) is 0 Å². The highest BCUT2D eigenvalue weighted by Crippen LogP contribution is 2.24. The van der Waals surface area contributed by atoms with Crippen LogP contribution in [0.3, 0.4) is 0 Å². The van der Waals surface area contributed by atoms with Gasteiger partial charge in [-0.3, -0.25) is 14.9 Å². The monoisotopic (exact) mass is 342 g/mol. The Balaban J connectivity index is 1.68. The summed E-state index contributed by atoms with van der Waals surface area (Å²) in [4.78, 5) is 16.4. The third-order valence-electron chi connectivity index (χ3n) is 3.47. The number of aromatic amines is 1. The summed E-state index contributed by atoms with van der Waals surface area (Å²) in [5, 5.41) is 20.2. The van der Waals surface area contributed by atoms with E-state index in [0.29, 0.717) is 27.7 Å². The Morgan fingerprint density at radius 3 is 2.75 bits per heavy atom. The van der Waals surface area contributed by atoms with E-state index in [1.807, 2.05) is 12.1 Å². The van der Waals surface area contributed by atoms with Gasteiger partial charge in [-0.05, 0) is 29.8 Å². The normalized spacial score (nSPS) is 11.9. The molecule has 1 aromatic carbocycles. The van der Waals surface area contributed by atoms with Gasteiger partial charge in [0.15, 0.2) is 0 Å². The van der Waals surface area contributed by atoms with Crippen molar-refractivity contribution in [3.8, 4) is 11.4 Å². The average molecular weight is 343 g/mol. The second kappa shape index (κ2) is 7.25. The molecular weight excluding hydrogens is 328 g/mol. The number of hydrogen-bond acceptors (Lipinski definition) is 4. The summed E-state index contributed by atoms with van der Waals surface area (Å²) in [5.74, 6) is -0.323. The Hall–Kier alpha value is -2.70. The molecule has 7 heteroatoms. The molecule has 1 amide bonds. The van der Waals surface area contributed by atoms with Gasteiger partial charge in [0, 0.05) is 11.2 Å². The summed E-state index contributed by atoms with van der Waals surface area (Å²) in [6.45, 7) is 0. The van der Waals surface area contributed by atoms with Gasteiger partial charge in [-0.15, -0.1) is 0 Å². The van der Waals surface area contributed by atoms with Gasteiger partial charge in [-0.2, -0.15) is 5.10 Å². The van der Waals surface area contributed by atoms with E-state index in [1.165, 1.54) is 6.20 Å². The van der Waals surface area contributed by atoms with Crippen LogP contribution in [-0.4, -0.2) is 26.2 Å². The zero-order chi connectivity index (χ0) is 16.9. The van der Waals surface area contributed by atoms with Crippen LogP contribution in [0.5, 0.6) is 0 Å². The molecule has 3 rings (SSSR count). The van der Waals surface area contributed by atoms with E-state index >= 15 is 0 Å². The van der Waals surface area contributed by atoms with Crippen LogP contribution in [0, 0.1) is 0 Å². The molecule has 0 aliphatic carbocycles. The summed E-state index contributed by atoms with van der Waals surface area (Å²) in [7, 11) is 0. The van der Waals surface area contributed by atoms with Crippen molar-refractivity contribution in [3.05, 3.63) is 65.4 Å². The molecule has 2 aromatic heterocycles. The third-order valence-corrected chi connectivity index (χ3v) is 3.72. The van der Waals surface area contributed by atoms with Crippen LogP contribution in [0.25, 0.3) is 11.4 Å². The van der Waals surface area contributed by atoms with E-state index in [4.69, 9.17) is 11.6 Å². The number of halogens is 1. The van der Waals surface area contributed by atoms with Gasteiger partial charge in [0.1, 0.15) is 5.69 Å². The molecule has 0 saturated heterocycles. The number of nitrogens with zero attached hydrogens (tertiary/aromatic N) is 2. The lowest BCUT2D eigenvalue weighted by Gasteiger charge is -2.11. The highest BCUT2D eigenvalue weighted by atomic mass is 35.5. The van der Waals surface area contributed by atoms with E-state index < -0.39 is 6.10 Å². The Morgan fingerprint density at radius 1 is 1.25 bits per heavy atom. The van der Waals surface area contributed by atoms with E-state index in [1.54, 1.807) is 36.5 Å². The Morgan fingerprint density at radius 2 is 2.04 bits per heavy atom. The second-order valence-corrected chi connectivity index (χ2v) is 5.63. The molecule has 0 aliphatic heterocycles. The molecule has 3 N–H and O–H groups in total. The van der Waals surface area contributed by atoms with Crippen LogP contribution in [-0.2, 0) is 4.79 Å². The molecule has 0 radical (unpaired) electrons. The van der Waals surface area contributed by atoms with Gasteiger partial charge >= 0.3 is 0 Å². The number of aliphatic hydroxyl groups excluding tert-OH is 1. The summed E-state index contributed by atoms with van der Waals surface area (Å²) < 4.78 is 0. The average Bonchev–Trinajstić information content (AvgIpc) is 3.04. The maximum Gasteiger partial charge on any atom is 0.227 e. The Bertz CT molecular complexity index is 818. The molecule has 3 aromatic rings. The second-order valence-electron chi connectivity index (χ2n) is 5.19.